The highest BCUT2D eigenvalue weighted by Crippen LogP contribution is 2.23. The quantitative estimate of drug-likeness (QED) is 0.834. The molecular weight excluding hydrogens is 260 g/mol. The molecule has 0 aliphatic carbocycles. The molecule has 2 atom stereocenters. The highest BCUT2D eigenvalue weighted by molar-refractivity contribution is 6.33. The lowest BCUT2D eigenvalue weighted by Gasteiger charge is -2.19. The molecule has 0 aliphatic rings. The molecule has 0 aromatic heterocycles. The zero-order valence-corrected chi connectivity index (χ0v) is 12.8. The average molecular weight is 283 g/mol. The van der Waals surface area contributed by atoms with Gasteiger partial charge < -0.3 is 10.6 Å². The van der Waals surface area contributed by atoms with E-state index in [-0.39, 0.29) is 18.0 Å². The van der Waals surface area contributed by atoms with Gasteiger partial charge in [0, 0.05) is 6.04 Å². The van der Waals surface area contributed by atoms with Gasteiger partial charge in [0.05, 0.1) is 10.7 Å². The third-order valence-electron chi connectivity index (χ3n) is 3.00. The molecule has 1 amide bonds. The number of amides is 1. The lowest BCUT2D eigenvalue weighted by atomic mass is 10.1. The van der Waals surface area contributed by atoms with Crippen LogP contribution in [0, 0.1) is 6.92 Å². The molecule has 0 saturated carbocycles. The van der Waals surface area contributed by atoms with Crippen LogP contribution < -0.4 is 10.6 Å². The highest BCUT2D eigenvalue weighted by Gasteiger charge is 2.15. The summed E-state index contributed by atoms with van der Waals surface area (Å²) >= 11 is 6.14. The number of aryl methyl sites for hydroxylation is 1. The summed E-state index contributed by atoms with van der Waals surface area (Å²) in [4.78, 5) is 12.0. The van der Waals surface area contributed by atoms with Crippen LogP contribution in [0.25, 0.3) is 0 Å². The van der Waals surface area contributed by atoms with Crippen molar-refractivity contribution in [3.05, 3.63) is 28.8 Å². The van der Waals surface area contributed by atoms with Gasteiger partial charge in [0.15, 0.2) is 0 Å². The minimum absolute atomic E-state index is 0.00223. The van der Waals surface area contributed by atoms with Gasteiger partial charge in [-0.1, -0.05) is 31.0 Å². The maximum atomic E-state index is 12.0. The minimum atomic E-state index is -0.306. The Hall–Kier alpha value is -1.22. The summed E-state index contributed by atoms with van der Waals surface area (Å²) in [6, 6.07) is 5.65. The van der Waals surface area contributed by atoms with Gasteiger partial charge in [0.25, 0.3) is 0 Å². The van der Waals surface area contributed by atoms with E-state index in [1.807, 2.05) is 39.0 Å². The van der Waals surface area contributed by atoms with Crippen molar-refractivity contribution in [2.24, 2.45) is 0 Å². The summed E-state index contributed by atoms with van der Waals surface area (Å²) in [5.74, 6) is -0.00223. The fraction of sp³-hybridized carbons (Fsp3) is 0.533. The van der Waals surface area contributed by atoms with E-state index < -0.39 is 0 Å². The van der Waals surface area contributed by atoms with E-state index >= 15 is 0 Å². The monoisotopic (exact) mass is 282 g/mol. The first-order valence-corrected chi connectivity index (χ1v) is 7.15. The summed E-state index contributed by atoms with van der Waals surface area (Å²) in [7, 11) is 0. The number of halogens is 1. The van der Waals surface area contributed by atoms with E-state index in [1.165, 1.54) is 0 Å². The summed E-state index contributed by atoms with van der Waals surface area (Å²) < 4.78 is 0. The smallest absolute Gasteiger partial charge is 0.242 e. The molecule has 106 valence electrons. The molecule has 19 heavy (non-hydrogen) atoms. The van der Waals surface area contributed by atoms with Crippen molar-refractivity contribution in [2.75, 3.05) is 5.32 Å². The Balaban J connectivity index is 2.58. The van der Waals surface area contributed by atoms with Crippen LogP contribution in [0.4, 0.5) is 5.69 Å². The van der Waals surface area contributed by atoms with Gasteiger partial charge in [-0.05, 0) is 44.9 Å². The Kier molecular flexibility index (Phi) is 6.16. The van der Waals surface area contributed by atoms with Gasteiger partial charge in [-0.15, -0.1) is 0 Å². The van der Waals surface area contributed by atoms with E-state index in [2.05, 4.69) is 17.6 Å². The SMILES string of the molecule is CCCC(C)NC(=O)C(C)Nc1ccc(C)cc1Cl. The number of benzene rings is 1. The third kappa shape index (κ3) is 5.11. The van der Waals surface area contributed by atoms with E-state index in [9.17, 15) is 4.79 Å². The van der Waals surface area contributed by atoms with E-state index in [0.29, 0.717) is 5.02 Å². The van der Waals surface area contributed by atoms with Crippen LogP contribution in [0.15, 0.2) is 18.2 Å². The van der Waals surface area contributed by atoms with Crippen LogP contribution >= 0.6 is 11.6 Å². The molecule has 1 aromatic carbocycles. The Morgan fingerprint density at radius 2 is 2.05 bits per heavy atom. The molecule has 0 spiro atoms. The van der Waals surface area contributed by atoms with Crippen molar-refractivity contribution in [3.8, 4) is 0 Å². The predicted octanol–water partition coefficient (Wildman–Crippen LogP) is 3.75. The van der Waals surface area contributed by atoms with Gasteiger partial charge in [-0.3, -0.25) is 4.79 Å². The van der Waals surface area contributed by atoms with Gasteiger partial charge in [0.2, 0.25) is 5.91 Å². The maximum Gasteiger partial charge on any atom is 0.242 e. The second kappa shape index (κ2) is 7.39. The van der Waals surface area contributed by atoms with Crippen LogP contribution in [0.1, 0.15) is 39.2 Å². The number of hydrogen-bond donors (Lipinski definition) is 2. The van der Waals surface area contributed by atoms with Crippen molar-refractivity contribution >= 4 is 23.2 Å². The zero-order chi connectivity index (χ0) is 14.4. The first kappa shape index (κ1) is 15.8. The molecule has 1 aromatic rings. The zero-order valence-electron chi connectivity index (χ0n) is 12.1. The van der Waals surface area contributed by atoms with E-state index in [0.717, 1.165) is 24.1 Å². The number of rotatable bonds is 6. The molecule has 2 N–H and O–H groups in total. The van der Waals surface area contributed by atoms with Crippen molar-refractivity contribution < 1.29 is 4.79 Å². The lowest BCUT2D eigenvalue weighted by molar-refractivity contribution is -0.122. The van der Waals surface area contributed by atoms with Crippen molar-refractivity contribution in [1.82, 2.24) is 5.32 Å². The number of hydrogen-bond acceptors (Lipinski definition) is 2. The van der Waals surface area contributed by atoms with Crippen LogP contribution in [-0.2, 0) is 4.79 Å². The van der Waals surface area contributed by atoms with Crippen molar-refractivity contribution in [3.63, 3.8) is 0 Å². The summed E-state index contributed by atoms with van der Waals surface area (Å²) in [6.45, 7) is 7.95. The molecule has 0 radical (unpaired) electrons. The normalized spacial score (nSPS) is 13.7. The summed E-state index contributed by atoms with van der Waals surface area (Å²) in [5, 5.41) is 6.77. The van der Waals surface area contributed by atoms with Crippen molar-refractivity contribution in [1.29, 1.82) is 0 Å². The molecule has 0 heterocycles. The standard InChI is InChI=1S/C15H23ClN2O/c1-5-6-11(3)17-15(19)12(4)18-14-8-7-10(2)9-13(14)16/h7-9,11-12,18H,5-6H2,1-4H3,(H,17,19). The molecule has 2 unspecified atom stereocenters. The Labute approximate surface area is 120 Å². The fourth-order valence-corrected chi connectivity index (χ4v) is 2.20. The van der Waals surface area contributed by atoms with Crippen LogP contribution in [0.2, 0.25) is 5.02 Å². The Bertz CT molecular complexity index is 434. The number of carbonyl (C=O) groups is 1. The van der Waals surface area contributed by atoms with Gasteiger partial charge >= 0.3 is 0 Å². The van der Waals surface area contributed by atoms with Crippen LogP contribution in [0.3, 0.4) is 0 Å². The molecule has 0 bridgehead atoms. The van der Waals surface area contributed by atoms with Gasteiger partial charge in [0.1, 0.15) is 6.04 Å². The van der Waals surface area contributed by atoms with Gasteiger partial charge in [-0.25, -0.2) is 0 Å². The molecule has 1 rings (SSSR count). The number of anilines is 1. The van der Waals surface area contributed by atoms with Crippen LogP contribution in [0.5, 0.6) is 0 Å². The first-order chi connectivity index (χ1) is 8.93. The van der Waals surface area contributed by atoms with E-state index in [4.69, 9.17) is 11.6 Å². The predicted molar refractivity (Wildman–Crippen MR) is 81.8 cm³/mol. The largest absolute Gasteiger partial charge is 0.373 e. The second-order valence-electron chi connectivity index (χ2n) is 5.05. The minimum Gasteiger partial charge on any atom is -0.373 e. The number of nitrogens with one attached hydrogen (secondary N) is 2. The average Bonchev–Trinajstić information content (AvgIpc) is 2.32. The molecule has 0 fully saturated rings. The molecule has 3 nitrogen and oxygen atoms in total. The highest BCUT2D eigenvalue weighted by atomic mass is 35.5. The molecule has 0 aliphatic heterocycles. The topological polar surface area (TPSA) is 41.1 Å². The fourth-order valence-electron chi connectivity index (χ4n) is 1.91. The third-order valence-corrected chi connectivity index (χ3v) is 3.31. The Morgan fingerprint density at radius 1 is 1.37 bits per heavy atom. The maximum absolute atomic E-state index is 12.0. The van der Waals surface area contributed by atoms with E-state index in [1.54, 1.807) is 0 Å². The number of carbonyl (C=O) groups excluding carboxylic acids is 1. The lowest BCUT2D eigenvalue weighted by Crippen LogP contribution is -2.42. The summed E-state index contributed by atoms with van der Waals surface area (Å²) in [5.41, 5.74) is 1.89. The van der Waals surface area contributed by atoms with Gasteiger partial charge in [-0.2, -0.15) is 0 Å². The second-order valence-corrected chi connectivity index (χ2v) is 5.45. The summed E-state index contributed by atoms with van der Waals surface area (Å²) in [6.07, 6.45) is 2.05. The Morgan fingerprint density at radius 3 is 2.63 bits per heavy atom. The molecular formula is C15H23ClN2O. The molecule has 0 saturated heterocycles. The first-order valence-electron chi connectivity index (χ1n) is 6.77. The van der Waals surface area contributed by atoms with Crippen molar-refractivity contribution in [2.45, 2.75) is 52.6 Å². The van der Waals surface area contributed by atoms with Crippen LogP contribution in [-0.4, -0.2) is 18.0 Å². The molecule has 4 heteroatoms.